The number of fused-ring (bicyclic) bond motifs is 1. The van der Waals surface area contributed by atoms with Gasteiger partial charge in [0, 0.05) is 23.2 Å². The van der Waals surface area contributed by atoms with Crippen LogP contribution in [-0.2, 0) is 6.42 Å². The van der Waals surface area contributed by atoms with Crippen molar-refractivity contribution in [1.82, 2.24) is 9.97 Å². The van der Waals surface area contributed by atoms with E-state index in [1.807, 2.05) is 19.2 Å². The van der Waals surface area contributed by atoms with Crippen LogP contribution in [0.2, 0.25) is 0 Å². The second-order valence-corrected chi connectivity index (χ2v) is 5.93. The second kappa shape index (κ2) is 4.78. The first-order valence-corrected chi connectivity index (χ1v) is 7.25. The third-order valence-electron chi connectivity index (χ3n) is 3.65. The molecule has 3 rings (SSSR count). The van der Waals surface area contributed by atoms with E-state index >= 15 is 0 Å². The molecule has 2 aromatic heterocycles. The van der Waals surface area contributed by atoms with E-state index in [-0.39, 0.29) is 6.04 Å². The van der Waals surface area contributed by atoms with E-state index < -0.39 is 0 Å². The maximum absolute atomic E-state index is 6.40. The van der Waals surface area contributed by atoms with Crippen LogP contribution in [0.5, 0.6) is 0 Å². The van der Waals surface area contributed by atoms with E-state index in [1.165, 1.54) is 17.7 Å². The molecule has 0 radical (unpaired) electrons. The number of aromatic nitrogens is 2. The van der Waals surface area contributed by atoms with E-state index in [4.69, 9.17) is 5.73 Å². The quantitative estimate of drug-likeness (QED) is 0.902. The Morgan fingerprint density at radius 2 is 2.39 bits per heavy atom. The zero-order valence-corrected chi connectivity index (χ0v) is 11.3. The molecule has 4 heteroatoms. The van der Waals surface area contributed by atoms with Crippen LogP contribution >= 0.6 is 11.3 Å². The van der Waals surface area contributed by atoms with Gasteiger partial charge in [-0.1, -0.05) is 6.07 Å². The van der Waals surface area contributed by atoms with Crippen LogP contribution in [0, 0.1) is 6.92 Å². The Balaban J connectivity index is 1.94. The lowest BCUT2D eigenvalue weighted by molar-refractivity contribution is 0.457. The van der Waals surface area contributed by atoms with Gasteiger partial charge in [-0.25, -0.2) is 4.98 Å². The number of nitrogens with two attached hydrogens (primary N) is 1. The molecule has 0 spiro atoms. The minimum Gasteiger partial charge on any atom is -0.322 e. The van der Waals surface area contributed by atoms with Gasteiger partial charge in [-0.15, -0.1) is 11.3 Å². The first-order valence-electron chi connectivity index (χ1n) is 6.37. The van der Waals surface area contributed by atoms with Crippen LogP contribution in [0.1, 0.15) is 46.8 Å². The fourth-order valence-electron chi connectivity index (χ4n) is 2.73. The highest BCUT2D eigenvalue weighted by Crippen LogP contribution is 2.37. The molecule has 1 aliphatic rings. The molecule has 0 bridgehead atoms. The van der Waals surface area contributed by atoms with Gasteiger partial charge >= 0.3 is 0 Å². The summed E-state index contributed by atoms with van der Waals surface area (Å²) in [4.78, 5) is 9.07. The van der Waals surface area contributed by atoms with Crippen molar-refractivity contribution in [3.63, 3.8) is 0 Å². The van der Waals surface area contributed by atoms with E-state index in [1.54, 1.807) is 11.3 Å². The van der Waals surface area contributed by atoms with E-state index in [0.29, 0.717) is 5.92 Å². The van der Waals surface area contributed by atoms with Crippen molar-refractivity contribution in [3.8, 4) is 0 Å². The summed E-state index contributed by atoms with van der Waals surface area (Å²) in [7, 11) is 0. The number of nitrogens with zero attached hydrogens (tertiary/aromatic N) is 2. The van der Waals surface area contributed by atoms with Gasteiger partial charge in [0.15, 0.2) is 0 Å². The molecule has 18 heavy (non-hydrogen) atoms. The molecule has 0 fully saturated rings. The smallest absolute Gasteiger partial charge is 0.0898 e. The normalized spacial score (nSPS) is 20.4. The van der Waals surface area contributed by atoms with Crippen molar-refractivity contribution in [2.75, 3.05) is 0 Å². The molecule has 0 aromatic carbocycles. The number of thiazole rings is 1. The summed E-state index contributed by atoms with van der Waals surface area (Å²) in [6.45, 7) is 2.02. The molecule has 94 valence electrons. The summed E-state index contributed by atoms with van der Waals surface area (Å²) in [6, 6.07) is 4.16. The zero-order chi connectivity index (χ0) is 12.5. The van der Waals surface area contributed by atoms with Crippen molar-refractivity contribution >= 4 is 11.3 Å². The van der Waals surface area contributed by atoms with Crippen LogP contribution in [0.25, 0.3) is 0 Å². The summed E-state index contributed by atoms with van der Waals surface area (Å²) in [5, 5.41) is 3.16. The molecular weight excluding hydrogens is 242 g/mol. The minimum atomic E-state index is -0.0242. The largest absolute Gasteiger partial charge is 0.322 e. The van der Waals surface area contributed by atoms with Crippen molar-refractivity contribution in [1.29, 1.82) is 0 Å². The molecule has 2 unspecified atom stereocenters. The lowest BCUT2D eigenvalue weighted by Crippen LogP contribution is -2.24. The van der Waals surface area contributed by atoms with Crippen molar-refractivity contribution in [3.05, 3.63) is 45.7 Å². The van der Waals surface area contributed by atoms with Gasteiger partial charge in [-0.3, -0.25) is 4.98 Å². The Morgan fingerprint density at radius 3 is 3.17 bits per heavy atom. The molecule has 0 aliphatic heterocycles. The number of rotatable bonds is 2. The lowest BCUT2D eigenvalue weighted by atomic mass is 9.81. The fraction of sp³-hybridized carbons (Fsp3) is 0.429. The van der Waals surface area contributed by atoms with Gasteiger partial charge in [-0.05, 0) is 37.8 Å². The molecule has 0 saturated heterocycles. The van der Waals surface area contributed by atoms with Crippen LogP contribution in [0.4, 0.5) is 0 Å². The molecule has 1 aliphatic carbocycles. The monoisotopic (exact) mass is 259 g/mol. The number of hydrogen-bond acceptors (Lipinski definition) is 4. The first kappa shape index (κ1) is 11.8. The molecule has 2 aromatic rings. The molecule has 2 atom stereocenters. The first-order chi connectivity index (χ1) is 8.75. The summed E-state index contributed by atoms with van der Waals surface area (Å²) in [5.41, 5.74) is 9.96. The average molecular weight is 259 g/mol. The maximum Gasteiger partial charge on any atom is 0.0898 e. The molecule has 2 N–H and O–H groups in total. The van der Waals surface area contributed by atoms with Gasteiger partial charge in [0.2, 0.25) is 0 Å². The Kier molecular flexibility index (Phi) is 3.14. The number of pyridine rings is 1. The third kappa shape index (κ3) is 2.06. The Bertz CT molecular complexity index is 549. The SMILES string of the molecule is Cc1nc(C(N)C2CCCc3cccnc32)cs1. The van der Waals surface area contributed by atoms with Crippen LogP contribution in [0.15, 0.2) is 23.7 Å². The summed E-state index contributed by atoms with van der Waals surface area (Å²) in [6.07, 6.45) is 5.31. The van der Waals surface area contributed by atoms with E-state index in [0.717, 1.165) is 23.5 Å². The van der Waals surface area contributed by atoms with Crippen molar-refractivity contribution < 1.29 is 0 Å². The zero-order valence-electron chi connectivity index (χ0n) is 10.5. The predicted octanol–water partition coefficient (Wildman–Crippen LogP) is 2.97. The Labute approximate surface area is 111 Å². The number of aryl methyl sites for hydroxylation is 2. The molecule has 0 saturated carbocycles. The van der Waals surface area contributed by atoms with E-state index in [9.17, 15) is 0 Å². The molecule has 2 heterocycles. The van der Waals surface area contributed by atoms with Gasteiger partial charge in [0.1, 0.15) is 0 Å². The van der Waals surface area contributed by atoms with Crippen LogP contribution in [0.3, 0.4) is 0 Å². The maximum atomic E-state index is 6.40. The van der Waals surface area contributed by atoms with Gasteiger partial charge < -0.3 is 5.73 Å². The van der Waals surface area contributed by atoms with Crippen LogP contribution in [-0.4, -0.2) is 9.97 Å². The topological polar surface area (TPSA) is 51.8 Å². The number of hydrogen-bond donors (Lipinski definition) is 1. The Morgan fingerprint density at radius 1 is 1.50 bits per heavy atom. The summed E-state index contributed by atoms with van der Waals surface area (Å²) in [5.74, 6) is 0.316. The predicted molar refractivity (Wildman–Crippen MR) is 73.7 cm³/mol. The van der Waals surface area contributed by atoms with Crippen molar-refractivity contribution in [2.45, 2.75) is 38.1 Å². The van der Waals surface area contributed by atoms with Crippen LogP contribution < -0.4 is 5.73 Å². The highest BCUT2D eigenvalue weighted by atomic mass is 32.1. The van der Waals surface area contributed by atoms with Gasteiger partial charge in [0.25, 0.3) is 0 Å². The molecular formula is C14H17N3S. The summed E-state index contributed by atoms with van der Waals surface area (Å²) < 4.78 is 0. The second-order valence-electron chi connectivity index (χ2n) is 4.86. The Hall–Kier alpha value is -1.26. The van der Waals surface area contributed by atoms with E-state index in [2.05, 4.69) is 21.4 Å². The van der Waals surface area contributed by atoms with Gasteiger partial charge in [0.05, 0.1) is 16.7 Å². The highest BCUT2D eigenvalue weighted by molar-refractivity contribution is 7.09. The van der Waals surface area contributed by atoms with Crippen molar-refractivity contribution in [2.24, 2.45) is 5.73 Å². The van der Waals surface area contributed by atoms with Gasteiger partial charge in [-0.2, -0.15) is 0 Å². The highest BCUT2D eigenvalue weighted by Gasteiger charge is 2.28. The standard InChI is InChI=1S/C14H17N3S/c1-9-17-12(8-18-9)13(15)11-6-2-4-10-5-3-7-16-14(10)11/h3,5,7-8,11,13H,2,4,6,15H2,1H3. The molecule has 0 amide bonds. The summed E-state index contributed by atoms with van der Waals surface area (Å²) >= 11 is 1.67. The average Bonchev–Trinajstić information content (AvgIpc) is 2.84. The fourth-order valence-corrected chi connectivity index (χ4v) is 3.39. The third-order valence-corrected chi connectivity index (χ3v) is 4.44. The molecule has 3 nitrogen and oxygen atoms in total. The minimum absolute atomic E-state index is 0.0242. The lowest BCUT2D eigenvalue weighted by Gasteiger charge is -2.28.